The molecular formula is C17H21N3O. The molecule has 1 aliphatic carbocycles. The van der Waals surface area contributed by atoms with Crippen LogP contribution >= 0.6 is 0 Å². The van der Waals surface area contributed by atoms with Crippen LogP contribution in [0.4, 0.5) is 5.69 Å². The van der Waals surface area contributed by atoms with Gasteiger partial charge in [0.05, 0.1) is 23.6 Å². The summed E-state index contributed by atoms with van der Waals surface area (Å²) in [6.07, 6.45) is 2.03. The highest BCUT2D eigenvalue weighted by Crippen LogP contribution is 2.31. The largest absolute Gasteiger partial charge is 0.323 e. The summed E-state index contributed by atoms with van der Waals surface area (Å²) in [4.78, 5) is 12.0. The molecule has 0 unspecified atom stereocenters. The molecular weight excluding hydrogens is 262 g/mol. The number of carbonyl (C=O) groups is 1. The number of aromatic nitrogens is 2. The average molecular weight is 283 g/mol. The first-order valence-corrected chi connectivity index (χ1v) is 7.45. The fourth-order valence-corrected chi connectivity index (χ4v) is 2.55. The number of aryl methyl sites for hydroxylation is 2. The molecule has 1 aromatic carbocycles. The summed E-state index contributed by atoms with van der Waals surface area (Å²) < 4.78 is 1.97. The van der Waals surface area contributed by atoms with Crippen LogP contribution < -0.4 is 5.32 Å². The van der Waals surface area contributed by atoms with Crippen molar-refractivity contribution in [2.75, 3.05) is 5.32 Å². The van der Waals surface area contributed by atoms with Crippen molar-refractivity contribution in [3.63, 3.8) is 0 Å². The van der Waals surface area contributed by atoms with Gasteiger partial charge in [0, 0.05) is 5.92 Å². The lowest BCUT2D eigenvalue weighted by Crippen LogP contribution is -2.14. The number of amides is 1. The van der Waals surface area contributed by atoms with Crippen LogP contribution in [0.1, 0.15) is 35.4 Å². The molecule has 0 saturated heterocycles. The summed E-state index contributed by atoms with van der Waals surface area (Å²) >= 11 is 0. The third kappa shape index (κ3) is 2.84. The highest BCUT2D eigenvalue weighted by molar-refractivity contribution is 5.95. The Hall–Kier alpha value is -2.10. The maximum atomic E-state index is 12.0. The van der Waals surface area contributed by atoms with Crippen LogP contribution in [-0.2, 0) is 11.3 Å². The van der Waals surface area contributed by atoms with Crippen LogP contribution in [0.15, 0.2) is 24.3 Å². The number of benzene rings is 1. The van der Waals surface area contributed by atoms with Crippen molar-refractivity contribution in [2.24, 2.45) is 5.92 Å². The summed E-state index contributed by atoms with van der Waals surface area (Å²) in [5.74, 6) is 0.347. The average Bonchev–Trinajstić information content (AvgIpc) is 3.26. The highest BCUT2D eigenvalue weighted by atomic mass is 16.2. The predicted octanol–water partition coefficient (Wildman–Crippen LogP) is 3.21. The first-order valence-electron chi connectivity index (χ1n) is 7.45. The van der Waals surface area contributed by atoms with Crippen molar-refractivity contribution in [1.29, 1.82) is 0 Å². The molecule has 2 aromatic rings. The Morgan fingerprint density at radius 2 is 2.00 bits per heavy atom. The standard InChI is InChI=1S/C17H21N3O/c1-11-6-4-5-7-15(11)10-20-13(3)16(12(2)19-20)18-17(21)14-8-9-14/h4-7,14H,8-10H2,1-3H3,(H,18,21). The Morgan fingerprint density at radius 3 is 2.67 bits per heavy atom. The molecule has 1 aliphatic rings. The molecule has 0 bridgehead atoms. The number of anilines is 1. The molecule has 1 fully saturated rings. The van der Waals surface area contributed by atoms with Gasteiger partial charge < -0.3 is 5.32 Å². The van der Waals surface area contributed by atoms with E-state index >= 15 is 0 Å². The zero-order valence-corrected chi connectivity index (χ0v) is 12.8. The minimum Gasteiger partial charge on any atom is -0.323 e. The van der Waals surface area contributed by atoms with Crippen LogP contribution in [0.3, 0.4) is 0 Å². The topological polar surface area (TPSA) is 46.9 Å². The predicted molar refractivity (Wildman–Crippen MR) is 83.3 cm³/mol. The third-order valence-electron chi connectivity index (χ3n) is 4.16. The summed E-state index contributed by atoms with van der Waals surface area (Å²) in [5, 5.41) is 7.62. The molecule has 0 aliphatic heterocycles. The first kappa shape index (κ1) is 13.9. The van der Waals surface area contributed by atoms with Crippen LogP contribution in [0, 0.1) is 26.7 Å². The van der Waals surface area contributed by atoms with Gasteiger partial charge >= 0.3 is 0 Å². The molecule has 1 amide bonds. The fourth-order valence-electron chi connectivity index (χ4n) is 2.55. The SMILES string of the molecule is Cc1ccccc1Cn1nc(C)c(NC(=O)C2CC2)c1C. The van der Waals surface area contributed by atoms with Gasteiger partial charge in [-0.1, -0.05) is 24.3 Å². The van der Waals surface area contributed by atoms with E-state index in [2.05, 4.69) is 29.5 Å². The molecule has 4 heteroatoms. The van der Waals surface area contributed by atoms with Crippen LogP contribution in [-0.4, -0.2) is 15.7 Å². The van der Waals surface area contributed by atoms with Crippen LogP contribution in [0.2, 0.25) is 0 Å². The number of rotatable bonds is 4. The lowest BCUT2D eigenvalue weighted by molar-refractivity contribution is -0.117. The van der Waals surface area contributed by atoms with Gasteiger partial charge in [0.15, 0.2) is 0 Å². The van der Waals surface area contributed by atoms with Crippen LogP contribution in [0.5, 0.6) is 0 Å². The Morgan fingerprint density at radius 1 is 1.29 bits per heavy atom. The molecule has 1 saturated carbocycles. The summed E-state index contributed by atoms with van der Waals surface area (Å²) in [6.45, 7) is 6.81. The zero-order valence-electron chi connectivity index (χ0n) is 12.8. The number of nitrogens with zero attached hydrogens (tertiary/aromatic N) is 2. The number of hydrogen-bond acceptors (Lipinski definition) is 2. The van der Waals surface area contributed by atoms with E-state index in [1.165, 1.54) is 11.1 Å². The van der Waals surface area contributed by atoms with Gasteiger partial charge in [0.1, 0.15) is 0 Å². The molecule has 0 radical (unpaired) electrons. The molecule has 1 N–H and O–H groups in total. The minimum atomic E-state index is 0.136. The van der Waals surface area contributed by atoms with Crippen molar-refractivity contribution in [3.8, 4) is 0 Å². The summed E-state index contributed by atoms with van der Waals surface area (Å²) in [6, 6.07) is 8.32. The quantitative estimate of drug-likeness (QED) is 0.936. The Kier molecular flexibility index (Phi) is 3.53. The van der Waals surface area contributed by atoms with Crippen LogP contribution in [0.25, 0.3) is 0 Å². The van der Waals surface area contributed by atoms with E-state index < -0.39 is 0 Å². The second-order valence-corrected chi connectivity index (χ2v) is 5.89. The van der Waals surface area contributed by atoms with Gasteiger partial charge in [-0.3, -0.25) is 9.48 Å². The Bertz CT molecular complexity index is 683. The van der Waals surface area contributed by atoms with E-state index in [1.54, 1.807) is 0 Å². The van der Waals surface area contributed by atoms with E-state index in [0.29, 0.717) is 0 Å². The number of carbonyl (C=O) groups excluding carboxylic acids is 1. The molecule has 110 valence electrons. The maximum absolute atomic E-state index is 12.0. The number of hydrogen-bond donors (Lipinski definition) is 1. The molecule has 3 rings (SSSR count). The third-order valence-corrected chi connectivity index (χ3v) is 4.16. The van der Waals surface area contributed by atoms with Crippen molar-refractivity contribution < 1.29 is 4.79 Å². The van der Waals surface area contributed by atoms with Gasteiger partial charge in [-0.15, -0.1) is 0 Å². The zero-order chi connectivity index (χ0) is 15.0. The number of nitrogens with one attached hydrogen (secondary N) is 1. The van der Waals surface area contributed by atoms with Gasteiger partial charge in [-0.2, -0.15) is 5.10 Å². The summed E-state index contributed by atoms with van der Waals surface area (Å²) in [7, 11) is 0. The second-order valence-electron chi connectivity index (χ2n) is 5.89. The smallest absolute Gasteiger partial charge is 0.227 e. The maximum Gasteiger partial charge on any atom is 0.227 e. The van der Waals surface area contributed by atoms with E-state index in [-0.39, 0.29) is 11.8 Å². The Labute approximate surface area is 125 Å². The van der Waals surface area contributed by atoms with E-state index in [4.69, 9.17) is 0 Å². The second kappa shape index (κ2) is 5.35. The molecule has 0 spiro atoms. The van der Waals surface area contributed by atoms with Crippen molar-refractivity contribution in [3.05, 3.63) is 46.8 Å². The van der Waals surface area contributed by atoms with Gasteiger partial charge in [-0.05, 0) is 44.7 Å². The fraction of sp³-hybridized carbons (Fsp3) is 0.412. The van der Waals surface area contributed by atoms with Crippen molar-refractivity contribution in [2.45, 2.75) is 40.2 Å². The Balaban J connectivity index is 1.83. The van der Waals surface area contributed by atoms with Crippen molar-refractivity contribution in [1.82, 2.24) is 9.78 Å². The lowest BCUT2D eigenvalue weighted by Gasteiger charge is -2.08. The van der Waals surface area contributed by atoms with Crippen molar-refractivity contribution >= 4 is 11.6 Å². The van der Waals surface area contributed by atoms with Gasteiger partial charge in [0.25, 0.3) is 0 Å². The van der Waals surface area contributed by atoms with E-state index in [9.17, 15) is 4.79 Å². The van der Waals surface area contributed by atoms with E-state index in [1.807, 2.05) is 30.7 Å². The summed E-state index contributed by atoms with van der Waals surface area (Å²) in [5.41, 5.74) is 5.29. The highest BCUT2D eigenvalue weighted by Gasteiger charge is 2.30. The van der Waals surface area contributed by atoms with E-state index in [0.717, 1.165) is 36.5 Å². The molecule has 1 heterocycles. The normalized spacial score (nSPS) is 14.2. The monoisotopic (exact) mass is 283 g/mol. The minimum absolute atomic E-state index is 0.136. The molecule has 0 atom stereocenters. The lowest BCUT2D eigenvalue weighted by atomic mass is 10.1. The molecule has 1 aromatic heterocycles. The van der Waals surface area contributed by atoms with Gasteiger partial charge in [-0.25, -0.2) is 0 Å². The molecule has 21 heavy (non-hydrogen) atoms. The van der Waals surface area contributed by atoms with Gasteiger partial charge in [0.2, 0.25) is 5.91 Å². The first-order chi connectivity index (χ1) is 10.1. The molecule has 4 nitrogen and oxygen atoms in total.